The second-order valence-electron chi connectivity index (χ2n) is 16.0. The average Bonchev–Trinajstić information content (AvgIpc) is 3.22. The summed E-state index contributed by atoms with van der Waals surface area (Å²) in [5.41, 5.74) is 5.36. The molecule has 0 aliphatic rings. The van der Waals surface area contributed by atoms with Gasteiger partial charge in [0.05, 0.1) is 13.2 Å². The number of carbonyl (C=O) groups excluding carboxylic acids is 2. The summed E-state index contributed by atoms with van der Waals surface area (Å²) in [5.74, 6) is -0.835. The Morgan fingerprint density at radius 3 is 1.29 bits per heavy atom. The summed E-state index contributed by atoms with van der Waals surface area (Å²) in [6, 6.07) is 0. The van der Waals surface area contributed by atoms with Crippen molar-refractivity contribution >= 4 is 19.8 Å². The molecule has 59 heavy (non-hydrogen) atoms. The lowest BCUT2D eigenvalue weighted by Gasteiger charge is -2.19. The fraction of sp³-hybridized carbons (Fsp3) is 0.796. The third-order valence-corrected chi connectivity index (χ3v) is 11.2. The van der Waals surface area contributed by atoms with Crippen LogP contribution >= 0.6 is 7.82 Å². The van der Waals surface area contributed by atoms with Gasteiger partial charge < -0.3 is 20.1 Å². The topological polar surface area (TPSA) is 134 Å². The van der Waals surface area contributed by atoms with Gasteiger partial charge in [-0.15, -0.1) is 0 Å². The Hall–Kier alpha value is -2.03. The van der Waals surface area contributed by atoms with Crippen LogP contribution in [-0.4, -0.2) is 49.3 Å². The van der Waals surface area contributed by atoms with Crippen LogP contribution in [0.2, 0.25) is 0 Å². The number of hydrogen-bond acceptors (Lipinski definition) is 8. The van der Waals surface area contributed by atoms with Crippen molar-refractivity contribution in [2.45, 2.75) is 225 Å². The minimum atomic E-state index is -4.38. The molecule has 0 aromatic heterocycles. The Labute approximate surface area is 362 Å². The van der Waals surface area contributed by atoms with Crippen LogP contribution in [0.4, 0.5) is 0 Å². The Balaban J connectivity index is 4.09. The summed E-state index contributed by atoms with van der Waals surface area (Å²) < 4.78 is 32.9. The number of phosphoric acid groups is 1. The first-order valence-electron chi connectivity index (χ1n) is 24.1. The first-order valence-corrected chi connectivity index (χ1v) is 25.6. The number of rotatable bonds is 45. The van der Waals surface area contributed by atoms with E-state index in [9.17, 15) is 19.0 Å². The molecule has 0 radical (unpaired) electrons. The van der Waals surface area contributed by atoms with Crippen LogP contribution in [0.1, 0.15) is 219 Å². The predicted molar refractivity (Wildman–Crippen MR) is 247 cm³/mol. The molecule has 0 aliphatic heterocycles. The standard InChI is InChI=1S/C49H90NO8P/c1-3-5-7-9-11-13-15-17-19-21-23-25-27-29-31-33-35-37-39-41-48(51)55-45-47(46-57-59(53,54)56-44-43-50)58-49(52)42-40-38-36-34-32-30-28-26-24-22-20-18-16-14-12-10-8-6-4-2/h11-14,17-20,47H,3-10,15-16,21-46,50H2,1-2H3,(H,53,54)/b13-11-,14-12-,19-17-,20-18-/t47-/m1/s1. The van der Waals surface area contributed by atoms with Crippen molar-refractivity contribution in [2.24, 2.45) is 5.73 Å². The van der Waals surface area contributed by atoms with Gasteiger partial charge in [-0.1, -0.05) is 178 Å². The van der Waals surface area contributed by atoms with E-state index in [2.05, 4.69) is 62.5 Å². The molecule has 1 unspecified atom stereocenters. The number of unbranched alkanes of at least 4 members (excludes halogenated alkanes) is 24. The molecule has 0 fully saturated rings. The number of ether oxygens (including phenoxy) is 2. The van der Waals surface area contributed by atoms with Crippen LogP contribution in [0.5, 0.6) is 0 Å². The molecular weight excluding hydrogens is 762 g/mol. The lowest BCUT2D eigenvalue weighted by atomic mass is 10.1. The molecular formula is C49H90NO8P. The molecule has 0 rings (SSSR count). The highest BCUT2D eigenvalue weighted by Crippen LogP contribution is 2.43. The Morgan fingerprint density at radius 1 is 0.508 bits per heavy atom. The second-order valence-corrected chi connectivity index (χ2v) is 17.4. The summed E-state index contributed by atoms with van der Waals surface area (Å²) in [4.78, 5) is 35.0. The van der Waals surface area contributed by atoms with E-state index in [0.717, 1.165) is 57.8 Å². The molecule has 0 spiro atoms. The van der Waals surface area contributed by atoms with Crippen molar-refractivity contribution in [1.82, 2.24) is 0 Å². The zero-order chi connectivity index (χ0) is 43.2. The highest BCUT2D eigenvalue weighted by atomic mass is 31.2. The molecule has 0 saturated heterocycles. The molecule has 0 saturated carbocycles. The van der Waals surface area contributed by atoms with Gasteiger partial charge in [0.2, 0.25) is 0 Å². The number of allylic oxidation sites excluding steroid dienone is 8. The Bertz CT molecular complexity index is 1110. The highest BCUT2D eigenvalue weighted by Gasteiger charge is 2.26. The highest BCUT2D eigenvalue weighted by molar-refractivity contribution is 7.47. The third-order valence-electron chi connectivity index (χ3n) is 10.2. The summed E-state index contributed by atoms with van der Waals surface area (Å²) in [7, 11) is -4.38. The van der Waals surface area contributed by atoms with Crippen LogP contribution in [-0.2, 0) is 32.7 Å². The fourth-order valence-electron chi connectivity index (χ4n) is 6.58. The minimum Gasteiger partial charge on any atom is -0.462 e. The van der Waals surface area contributed by atoms with Crippen molar-refractivity contribution in [2.75, 3.05) is 26.4 Å². The van der Waals surface area contributed by atoms with E-state index in [4.69, 9.17) is 24.3 Å². The molecule has 0 aromatic rings. The van der Waals surface area contributed by atoms with E-state index in [0.29, 0.717) is 6.42 Å². The maximum absolute atomic E-state index is 12.6. The van der Waals surface area contributed by atoms with Crippen molar-refractivity contribution < 1.29 is 37.6 Å². The summed E-state index contributed by atoms with van der Waals surface area (Å²) in [6.45, 7) is 3.69. The number of nitrogens with two attached hydrogens (primary N) is 1. The number of esters is 2. The van der Waals surface area contributed by atoms with Crippen molar-refractivity contribution in [3.05, 3.63) is 48.6 Å². The molecule has 9 nitrogen and oxygen atoms in total. The van der Waals surface area contributed by atoms with Gasteiger partial charge in [0.1, 0.15) is 6.61 Å². The van der Waals surface area contributed by atoms with Gasteiger partial charge in [0.15, 0.2) is 6.10 Å². The number of hydrogen-bond donors (Lipinski definition) is 2. The quantitative estimate of drug-likeness (QED) is 0.0266. The number of phosphoric ester groups is 1. The first kappa shape index (κ1) is 57.0. The summed E-state index contributed by atoms with van der Waals surface area (Å²) >= 11 is 0. The molecule has 0 aliphatic carbocycles. The molecule has 2 atom stereocenters. The van der Waals surface area contributed by atoms with Crippen molar-refractivity contribution in [3.8, 4) is 0 Å². The Kier molecular flexibility index (Phi) is 43.9. The lowest BCUT2D eigenvalue weighted by Crippen LogP contribution is -2.29. The van der Waals surface area contributed by atoms with Gasteiger partial charge in [-0.05, 0) is 77.0 Å². The Morgan fingerprint density at radius 2 is 0.881 bits per heavy atom. The zero-order valence-corrected chi connectivity index (χ0v) is 38.9. The van der Waals surface area contributed by atoms with E-state index in [1.54, 1.807) is 0 Å². The van der Waals surface area contributed by atoms with Gasteiger partial charge >= 0.3 is 19.8 Å². The average molecular weight is 852 g/mol. The van der Waals surface area contributed by atoms with E-state index >= 15 is 0 Å². The maximum Gasteiger partial charge on any atom is 0.472 e. The van der Waals surface area contributed by atoms with Gasteiger partial charge in [-0.25, -0.2) is 4.57 Å². The van der Waals surface area contributed by atoms with Crippen LogP contribution in [0, 0.1) is 0 Å². The first-order chi connectivity index (χ1) is 28.8. The molecule has 0 bridgehead atoms. The molecule has 0 aromatic carbocycles. The second kappa shape index (κ2) is 45.5. The molecule has 10 heteroatoms. The lowest BCUT2D eigenvalue weighted by molar-refractivity contribution is -0.161. The van der Waals surface area contributed by atoms with Crippen LogP contribution in [0.25, 0.3) is 0 Å². The smallest absolute Gasteiger partial charge is 0.462 e. The normalized spacial score (nSPS) is 13.6. The van der Waals surface area contributed by atoms with E-state index in [1.807, 2.05) is 0 Å². The predicted octanol–water partition coefficient (Wildman–Crippen LogP) is 14.3. The van der Waals surface area contributed by atoms with Crippen LogP contribution in [0.3, 0.4) is 0 Å². The van der Waals surface area contributed by atoms with Crippen LogP contribution in [0.15, 0.2) is 48.6 Å². The van der Waals surface area contributed by atoms with Gasteiger partial charge in [-0.3, -0.25) is 18.6 Å². The maximum atomic E-state index is 12.6. The third kappa shape index (κ3) is 45.3. The molecule has 0 heterocycles. The minimum absolute atomic E-state index is 0.0510. The fourth-order valence-corrected chi connectivity index (χ4v) is 7.34. The molecule has 3 N–H and O–H groups in total. The van der Waals surface area contributed by atoms with Gasteiger partial charge in [0.25, 0.3) is 0 Å². The SMILES string of the molecule is CCCCC/C=C\C/C=C\CCCCCCCCCCCC(=O)OC[C@H](COP(=O)(O)OCCN)OC(=O)CCCCCCCCCCC/C=C\C/C=C\CCCCC. The summed E-state index contributed by atoms with van der Waals surface area (Å²) in [5, 5.41) is 0. The largest absolute Gasteiger partial charge is 0.472 e. The molecule has 0 amide bonds. The van der Waals surface area contributed by atoms with Gasteiger partial charge in [0, 0.05) is 19.4 Å². The van der Waals surface area contributed by atoms with E-state index in [1.165, 1.54) is 128 Å². The number of carbonyl (C=O) groups is 2. The van der Waals surface area contributed by atoms with E-state index in [-0.39, 0.29) is 38.6 Å². The monoisotopic (exact) mass is 852 g/mol. The van der Waals surface area contributed by atoms with Gasteiger partial charge in [-0.2, -0.15) is 0 Å². The molecule has 344 valence electrons. The van der Waals surface area contributed by atoms with Crippen LogP contribution < -0.4 is 5.73 Å². The van der Waals surface area contributed by atoms with E-state index < -0.39 is 26.5 Å². The summed E-state index contributed by atoms with van der Waals surface area (Å²) in [6.07, 6.45) is 52.8. The van der Waals surface area contributed by atoms with Crippen molar-refractivity contribution in [1.29, 1.82) is 0 Å². The van der Waals surface area contributed by atoms with Crippen molar-refractivity contribution in [3.63, 3.8) is 0 Å². The zero-order valence-electron chi connectivity index (χ0n) is 38.0.